The average Bonchev–Trinajstić information content (AvgIpc) is 4.08. The fraction of sp³-hybridized carbons (Fsp3) is 0. The number of nitrogens with zero attached hydrogens (tertiary/aromatic N) is 4. The van der Waals surface area contributed by atoms with Gasteiger partial charge in [0, 0.05) is 58.2 Å². The van der Waals surface area contributed by atoms with Crippen LogP contribution in [0.25, 0.3) is 131 Å². The van der Waals surface area contributed by atoms with E-state index in [1.54, 1.807) is 0 Å². The summed E-state index contributed by atoms with van der Waals surface area (Å²) in [6.45, 7) is 0. The molecule has 5 nitrogen and oxygen atoms in total. The zero-order chi connectivity index (χ0) is 40.5. The second-order valence-corrected chi connectivity index (χ2v) is 17.2. The number of hydrogen-bond acceptors (Lipinski definition) is 4. The predicted molar refractivity (Wildman–Crippen MR) is 259 cm³/mol. The lowest BCUT2D eigenvalue weighted by Gasteiger charge is -2.14. The van der Waals surface area contributed by atoms with Gasteiger partial charge in [-0.2, -0.15) is 0 Å². The van der Waals surface area contributed by atoms with Gasteiger partial charge in [-0.05, 0) is 70.9 Å². The molecule has 0 aliphatic heterocycles. The molecular formula is C56H32N4OS. The van der Waals surface area contributed by atoms with Gasteiger partial charge in [0.2, 0.25) is 0 Å². The molecule has 14 rings (SSSR count). The monoisotopic (exact) mass is 808 g/mol. The summed E-state index contributed by atoms with van der Waals surface area (Å²) in [5, 5.41) is 10.7. The summed E-state index contributed by atoms with van der Waals surface area (Å²) in [5.41, 5.74) is 11.3. The first kappa shape index (κ1) is 33.7. The lowest BCUT2D eigenvalue weighted by molar-refractivity contribution is 0.662. The molecule has 0 saturated carbocycles. The van der Waals surface area contributed by atoms with Crippen molar-refractivity contribution in [2.45, 2.75) is 0 Å². The summed E-state index contributed by atoms with van der Waals surface area (Å²) < 4.78 is 14.0. The van der Waals surface area contributed by atoms with E-state index in [-0.39, 0.29) is 0 Å². The number of benzene rings is 9. The molecule has 0 N–H and O–H groups in total. The van der Waals surface area contributed by atoms with Crippen LogP contribution < -0.4 is 0 Å². The fourth-order valence-electron chi connectivity index (χ4n) is 9.95. The minimum absolute atomic E-state index is 0.659. The van der Waals surface area contributed by atoms with Gasteiger partial charge in [-0.15, -0.1) is 11.3 Å². The van der Waals surface area contributed by atoms with Crippen molar-refractivity contribution in [2.24, 2.45) is 0 Å². The van der Waals surface area contributed by atoms with Crippen molar-refractivity contribution < 1.29 is 4.42 Å². The molecule has 0 bridgehead atoms. The molecule has 14 aromatic rings. The smallest absolute Gasteiger partial charge is 0.197 e. The topological polar surface area (TPSA) is 48.8 Å². The van der Waals surface area contributed by atoms with Crippen molar-refractivity contribution in [2.75, 3.05) is 0 Å². The molecule has 0 aliphatic rings. The van der Waals surface area contributed by atoms with E-state index in [9.17, 15) is 0 Å². The molecule has 0 amide bonds. The lowest BCUT2D eigenvalue weighted by atomic mass is 10.0. The van der Waals surface area contributed by atoms with Crippen molar-refractivity contribution in [1.29, 1.82) is 0 Å². The van der Waals surface area contributed by atoms with Crippen molar-refractivity contribution in [3.63, 3.8) is 0 Å². The zero-order valence-corrected chi connectivity index (χ0v) is 33.9. The van der Waals surface area contributed by atoms with E-state index in [0.717, 1.165) is 44.3 Å². The average molecular weight is 809 g/mol. The Labute approximate surface area is 358 Å². The molecule has 9 aromatic carbocycles. The van der Waals surface area contributed by atoms with Crippen LogP contribution in [-0.2, 0) is 0 Å². The maximum Gasteiger partial charge on any atom is 0.197 e. The highest BCUT2D eigenvalue weighted by atomic mass is 32.1. The quantitative estimate of drug-likeness (QED) is 0.178. The summed E-state index contributed by atoms with van der Waals surface area (Å²) in [6.07, 6.45) is 0. The summed E-state index contributed by atoms with van der Waals surface area (Å²) >= 11 is 1.87. The number of furan rings is 1. The van der Waals surface area contributed by atoms with Gasteiger partial charge in [0.15, 0.2) is 17.2 Å². The maximum absolute atomic E-state index is 6.71. The Morgan fingerprint density at radius 3 is 2.05 bits per heavy atom. The van der Waals surface area contributed by atoms with Gasteiger partial charge < -0.3 is 8.98 Å². The van der Waals surface area contributed by atoms with Crippen molar-refractivity contribution in [3.8, 4) is 34.0 Å². The van der Waals surface area contributed by atoms with E-state index >= 15 is 0 Å². The van der Waals surface area contributed by atoms with Gasteiger partial charge in [0.1, 0.15) is 11.1 Å². The number of thiophene rings is 1. The van der Waals surface area contributed by atoms with Crippen molar-refractivity contribution >= 4 is 108 Å². The molecule has 288 valence electrons. The Balaban J connectivity index is 1.05. The minimum Gasteiger partial charge on any atom is -0.450 e. The van der Waals surface area contributed by atoms with E-state index in [4.69, 9.17) is 14.4 Å². The van der Waals surface area contributed by atoms with Crippen LogP contribution >= 0.6 is 11.3 Å². The largest absolute Gasteiger partial charge is 0.450 e. The highest BCUT2D eigenvalue weighted by molar-refractivity contribution is 7.26. The standard InChI is InChI=1S/C56H32N4OS/c1-2-15-34(16-3-1)37-18-6-10-22-44(37)59-45-23-11-7-19-38(45)42-31-43-39-28-29-47-51(54(39)62-50(43)32-48(42)59)40-20-8-12-24-46(40)60(47)56-53-52(41-21-9-13-25-49(41)61-53)57-55(58-56)36-27-26-33-14-4-5-17-35(33)30-36/h1-32H. The van der Waals surface area contributed by atoms with Crippen LogP contribution in [0.1, 0.15) is 0 Å². The number of aromatic nitrogens is 4. The summed E-state index contributed by atoms with van der Waals surface area (Å²) in [7, 11) is 0. The molecule has 0 aliphatic carbocycles. The second kappa shape index (κ2) is 12.7. The van der Waals surface area contributed by atoms with E-state index < -0.39 is 0 Å². The summed E-state index contributed by atoms with van der Waals surface area (Å²) in [5.74, 6) is 1.39. The van der Waals surface area contributed by atoms with Crippen LogP contribution in [0.5, 0.6) is 0 Å². The maximum atomic E-state index is 6.71. The van der Waals surface area contributed by atoms with Crippen LogP contribution in [0.3, 0.4) is 0 Å². The minimum atomic E-state index is 0.659. The summed E-state index contributed by atoms with van der Waals surface area (Å²) in [6, 6.07) is 69.5. The van der Waals surface area contributed by atoms with Crippen LogP contribution in [0, 0.1) is 0 Å². The van der Waals surface area contributed by atoms with E-state index in [2.05, 4.69) is 185 Å². The Morgan fingerprint density at radius 2 is 1.16 bits per heavy atom. The van der Waals surface area contributed by atoms with Gasteiger partial charge in [0.25, 0.3) is 0 Å². The number of para-hydroxylation sites is 4. The normalized spacial score (nSPS) is 12.2. The Hall–Kier alpha value is -8.06. The van der Waals surface area contributed by atoms with Crippen LogP contribution in [0.4, 0.5) is 0 Å². The molecule has 5 heterocycles. The molecule has 62 heavy (non-hydrogen) atoms. The van der Waals surface area contributed by atoms with Crippen molar-refractivity contribution in [3.05, 3.63) is 194 Å². The molecule has 0 spiro atoms. The highest BCUT2D eigenvalue weighted by Gasteiger charge is 2.25. The molecular weight excluding hydrogens is 777 g/mol. The van der Waals surface area contributed by atoms with Crippen LogP contribution in [0.2, 0.25) is 0 Å². The predicted octanol–water partition coefficient (Wildman–Crippen LogP) is 15.4. The molecule has 5 aromatic heterocycles. The Morgan fingerprint density at radius 1 is 0.435 bits per heavy atom. The zero-order valence-electron chi connectivity index (χ0n) is 33.1. The third kappa shape index (κ3) is 4.72. The third-order valence-electron chi connectivity index (χ3n) is 12.7. The molecule has 0 saturated heterocycles. The molecule has 6 heteroatoms. The lowest BCUT2D eigenvalue weighted by Crippen LogP contribution is -2.01. The summed E-state index contributed by atoms with van der Waals surface area (Å²) in [4.78, 5) is 10.7. The van der Waals surface area contributed by atoms with Gasteiger partial charge in [-0.25, -0.2) is 9.97 Å². The van der Waals surface area contributed by atoms with Gasteiger partial charge >= 0.3 is 0 Å². The highest BCUT2D eigenvalue weighted by Crippen LogP contribution is 2.47. The van der Waals surface area contributed by atoms with E-state index in [0.29, 0.717) is 11.4 Å². The van der Waals surface area contributed by atoms with Gasteiger partial charge in [-0.3, -0.25) is 4.57 Å². The SMILES string of the molecule is c1ccc(-c2ccccc2-n2c3ccccc3c3cc4c(cc32)sc2c4ccc3c2c2ccccc2n3-c2nc(-c3ccc4ccccc4c3)nc3c2oc2ccccc23)cc1. The van der Waals surface area contributed by atoms with Crippen LogP contribution in [-0.4, -0.2) is 19.1 Å². The van der Waals surface area contributed by atoms with E-state index in [1.165, 1.54) is 75.0 Å². The Bertz CT molecular complexity index is 4170. The number of fused-ring (bicyclic) bond motifs is 14. The molecule has 0 radical (unpaired) electrons. The van der Waals surface area contributed by atoms with Gasteiger partial charge in [0.05, 0.1) is 27.8 Å². The first-order valence-electron chi connectivity index (χ1n) is 20.9. The van der Waals surface area contributed by atoms with Crippen LogP contribution in [0.15, 0.2) is 199 Å². The van der Waals surface area contributed by atoms with Gasteiger partial charge in [-0.1, -0.05) is 140 Å². The third-order valence-corrected chi connectivity index (χ3v) is 13.9. The first-order chi connectivity index (χ1) is 30.7. The molecule has 0 atom stereocenters. The fourth-order valence-corrected chi connectivity index (χ4v) is 11.2. The number of rotatable bonds is 4. The molecule has 0 fully saturated rings. The first-order valence-corrected chi connectivity index (χ1v) is 21.7. The van der Waals surface area contributed by atoms with Crippen molar-refractivity contribution in [1.82, 2.24) is 19.1 Å². The second-order valence-electron chi connectivity index (χ2n) is 16.1. The number of hydrogen-bond donors (Lipinski definition) is 0. The molecule has 0 unspecified atom stereocenters. The Kier molecular flexibility index (Phi) is 6.92. The van der Waals surface area contributed by atoms with E-state index in [1.807, 2.05) is 29.5 Å².